The Bertz CT molecular complexity index is 261. The van der Waals surface area contributed by atoms with Gasteiger partial charge in [0.25, 0.3) is 5.88 Å². The predicted octanol–water partition coefficient (Wildman–Crippen LogP) is 1.88. The number of aryl methyl sites for hydroxylation is 1. The molecule has 0 unspecified atom stereocenters. The molecule has 0 fully saturated rings. The summed E-state index contributed by atoms with van der Waals surface area (Å²) < 4.78 is 5.18. The standard InChI is InChI=1S/C9H13NO2/c1-3-4-12-9-8(11)5-7(2)6-10-9/h5-6,11H,3-4H2,1-2H3. The summed E-state index contributed by atoms with van der Waals surface area (Å²) in [6.45, 7) is 4.46. The van der Waals surface area contributed by atoms with Gasteiger partial charge in [-0.25, -0.2) is 4.98 Å². The van der Waals surface area contributed by atoms with Crippen LogP contribution in [0.3, 0.4) is 0 Å². The number of nitrogens with zero attached hydrogens (tertiary/aromatic N) is 1. The Balaban J connectivity index is 2.72. The highest BCUT2D eigenvalue weighted by atomic mass is 16.5. The van der Waals surface area contributed by atoms with Gasteiger partial charge < -0.3 is 9.84 Å². The third kappa shape index (κ3) is 2.12. The van der Waals surface area contributed by atoms with Crippen molar-refractivity contribution in [1.82, 2.24) is 4.98 Å². The fourth-order valence-corrected chi connectivity index (χ4v) is 0.851. The van der Waals surface area contributed by atoms with Crippen molar-refractivity contribution < 1.29 is 9.84 Å². The van der Waals surface area contributed by atoms with Crippen LogP contribution in [0.25, 0.3) is 0 Å². The second-order valence-corrected chi connectivity index (χ2v) is 2.69. The van der Waals surface area contributed by atoms with Crippen LogP contribution in [0.5, 0.6) is 11.6 Å². The van der Waals surface area contributed by atoms with E-state index in [0.717, 1.165) is 12.0 Å². The molecule has 0 spiro atoms. The van der Waals surface area contributed by atoms with E-state index in [9.17, 15) is 5.11 Å². The van der Waals surface area contributed by atoms with E-state index >= 15 is 0 Å². The average Bonchev–Trinajstić information content (AvgIpc) is 2.03. The van der Waals surface area contributed by atoms with Gasteiger partial charge in [-0.2, -0.15) is 0 Å². The van der Waals surface area contributed by atoms with Crippen LogP contribution < -0.4 is 4.74 Å². The zero-order valence-electron chi connectivity index (χ0n) is 7.37. The predicted molar refractivity (Wildman–Crippen MR) is 46.4 cm³/mol. The SMILES string of the molecule is CCCOc1ncc(C)cc1O. The van der Waals surface area contributed by atoms with Gasteiger partial charge in [0.05, 0.1) is 6.61 Å². The van der Waals surface area contributed by atoms with Crippen LogP contribution in [-0.2, 0) is 0 Å². The minimum Gasteiger partial charge on any atom is -0.503 e. The average molecular weight is 167 g/mol. The van der Waals surface area contributed by atoms with Gasteiger partial charge in [0.15, 0.2) is 5.75 Å². The summed E-state index contributed by atoms with van der Waals surface area (Å²) in [5.41, 5.74) is 0.927. The molecule has 1 N–H and O–H groups in total. The van der Waals surface area contributed by atoms with Crippen LogP contribution in [0.1, 0.15) is 18.9 Å². The molecule has 0 saturated heterocycles. The molecule has 3 nitrogen and oxygen atoms in total. The third-order valence-electron chi connectivity index (χ3n) is 1.41. The molecule has 0 amide bonds. The highest BCUT2D eigenvalue weighted by molar-refractivity contribution is 5.34. The van der Waals surface area contributed by atoms with Crippen molar-refractivity contribution in [2.45, 2.75) is 20.3 Å². The summed E-state index contributed by atoms with van der Waals surface area (Å²) in [4.78, 5) is 3.94. The Hall–Kier alpha value is -1.25. The maximum atomic E-state index is 9.33. The van der Waals surface area contributed by atoms with E-state index in [2.05, 4.69) is 4.98 Å². The van der Waals surface area contributed by atoms with Crippen molar-refractivity contribution in [2.24, 2.45) is 0 Å². The Labute approximate surface area is 72.0 Å². The van der Waals surface area contributed by atoms with Crippen LogP contribution in [0.2, 0.25) is 0 Å². The molecule has 1 rings (SSSR count). The molecule has 0 aliphatic carbocycles. The molecule has 0 bridgehead atoms. The number of rotatable bonds is 3. The number of ether oxygens (including phenoxy) is 1. The summed E-state index contributed by atoms with van der Waals surface area (Å²) in [5, 5.41) is 9.33. The number of pyridine rings is 1. The first-order valence-corrected chi connectivity index (χ1v) is 4.02. The lowest BCUT2D eigenvalue weighted by atomic mass is 10.3. The maximum absolute atomic E-state index is 9.33. The number of aromatic nitrogens is 1. The second-order valence-electron chi connectivity index (χ2n) is 2.69. The number of hydrogen-bond acceptors (Lipinski definition) is 3. The minimum atomic E-state index is 0.114. The smallest absolute Gasteiger partial charge is 0.256 e. The van der Waals surface area contributed by atoms with Crippen molar-refractivity contribution in [1.29, 1.82) is 0 Å². The molecule has 0 aliphatic rings. The monoisotopic (exact) mass is 167 g/mol. The van der Waals surface area contributed by atoms with Crippen LogP contribution in [0, 0.1) is 6.92 Å². The van der Waals surface area contributed by atoms with Crippen molar-refractivity contribution in [3.05, 3.63) is 17.8 Å². The van der Waals surface area contributed by atoms with E-state index in [1.165, 1.54) is 0 Å². The first-order chi connectivity index (χ1) is 5.74. The summed E-state index contributed by atoms with van der Waals surface area (Å²) in [7, 11) is 0. The number of aromatic hydroxyl groups is 1. The molecular formula is C9H13NO2. The minimum absolute atomic E-state index is 0.114. The normalized spacial score (nSPS) is 9.83. The molecule has 0 saturated carbocycles. The topological polar surface area (TPSA) is 42.4 Å². The van der Waals surface area contributed by atoms with Gasteiger partial charge in [-0.3, -0.25) is 0 Å². The van der Waals surface area contributed by atoms with E-state index in [1.54, 1.807) is 12.3 Å². The molecule has 66 valence electrons. The zero-order valence-corrected chi connectivity index (χ0v) is 7.37. The molecule has 0 atom stereocenters. The largest absolute Gasteiger partial charge is 0.503 e. The lowest BCUT2D eigenvalue weighted by molar-refractivity contribution is 0.287. The maximum Gasteiger partial charge on any atom is 0.256 e. The third-order valence-corrected chi connectivity index (χ3v) is 1.41. The van der Waals surface area contributed by atoms with Crippen LogP contribution in [-0.4, -0.2) is 16.7 Å². The van der Waals surface area contributed by atoms with E-state index in [1.807, 2.05) is 13.8 Å². The lowest BCUT2D eigenvalue weighted by Gasteiger charge is -2.05. The molecule has 3 heteroatoms. The molecule has 0 aromatic carbocycles. The van der Waals surface area contributed by atoms with Gasteiger partial charge in [0.1, 0.15) is 0 Å². The summed E-state index contributed by atoms with van der Waals surface area (Å²) >= 11 is 0. The Morgan fingerprint density at radius 1 is 1.58 bits per heavy atom. The Kier molecular flexibility index (Phi) is 2.91. The van der Waals surface area contributed by atoms with E-state index in [-0.39, 0.29) is 5.75 Å². The summed E-state index contributed by atoms with van der Waals surface area (Å²) in [5.74, 6) is 0.436. The van der Waals surface area contributed by atoms with Gasteiger partial charge in [-0.15, -0.1) is 0 Å². The zero-order chi connectivity index (χ0) is 8.97. The van der Waals surface area contributed by atoms with Crippen molar-refractivity contribution in [3.8, 4) is 11.6 Å². The molecule has 12 heavy (non-hydrogen) atoms. The van der Waals surface area contributed by atoms with Gasteiger partial charge in [-0.05, 0) is 25.0 Å². The van der Waals surface area contributed by atoms with E-state index in [0.29, 0.717) is 12.5 Å². The second kappa shape index (κ2) is 3.95. The van der Waals surface area contributed by atoms with Crippen molar-refractivity contribution >= 4 is 0 Å². The molecule has 1 aromatic heterocycles. The lowest BCUT2D eigenvalue weighted by Crippen LogP contribution is -1.97. The Morgan fingerprint density at radius 3 is 2.92 bits per heavy atom. The molecule has 0 radical (unpaired) electrons. The van der Waals surface area contributed by atoms with Gasteiger partial charge in [0.2, 0.25) is 0 Å². The Morgan fingerprint density at radius 2 is 2.33 bits per heavy atom. The van der Waals surface area contributed by atoms with E-state index in [4.69, 9.17) is 4.74 Å². The van der Waals surface area contributed by atoms with Crippen LogP contribution in [0.15, 0.2) is 12.3 Å². The molecule has 1 aromatic rings. The highest BCUT2D eigenvalue weighted by Gasteiger charge is 2.02. The first-order valence-electron chi connectivity index (χ1n) is 4.02. The van der Waals surface area contributed by atoms with Gasteiger partial charge in [-0.1, -0.05) is 6.92 Å². The number of hydrogen-bond donors (Lipinski definition) is 1. The molecule has 0 aliphatic heterocycles. The van der Waals surface area contributed by atoms with Gasteiger partial charge >= 0.3 is 0 Å². The van der Waals surface area contributed by atoms with Crippen molar-refractivity contribution in [3.63, 3.8) is 0 Å². The summed E-state index contributed by atoms with van der Waals surface area (Å²) in [6, 6.07) is 1.64. The molecular weight excluding hydrogens is 154 g/mol. The van der Waals surface area contributed by atoms with Gasteiger partial charge in [0, 0.05) is 6.20 Å². The first kappa shape index (κ1) is 8.84. The summed E-state index contributed by atoms with van der Waals surface area (Å²) in [6.07, 6.45) is 2.58. The quantitative estimate of drug-likeness (QED) is 0.747. The fourth-order valence-electron chi connectivity index (χ4n) is 0.851. The van der Waals surface area contributed by atoms with E-state index < -0.39 is 0 Å². The van der Waals surface area contributed by atoms with Crippen LogP contribution in [0.4, 0.5) is 0 Å². The fraction of sp³-hybridized carbons (Fsp3) is 0.444. The van der Waals surface area contributed by atoms with Crippen LogP contribution >= 0.6 is 0 Å². The molecule has 1 heterocycles. The van der Waals surface area contributed by atoms with Crippen molar-refractivity contribution in [2.75, 3.05) is 6.61 Å². The highest BCUT2D eigenvalue weighted by Crippen LogP contribution is 2.22.